The van der Waals surface area contributed by atoms with Gasteiger partial charge in [-0.3, -0.25) is 14.4 Å². The second-order valence-electron chi connectivity index (χ2n) is 21.3. The maximum Gasteiger partial charge on any atom is 0.306 e. The molecule has 444 valence electrons. The van der Waals surface area contributed by atoms with Crippen LogP contribution in [0.4, 0.5) is 0 Å². The minimum atomic E-state index is -0.797. The maximum atomic E-state index is 12.8. The zero-order valence-corrected chi connectivity index (χ0v) is 50.9. The van der Waals surface area contributed by atoms with Crippen LogP contribution in [-0.2, 0) is 28.6 Å². The Kier molecular flexibility index (Phi) is 61.8. The summed E-state index contributed by atoms with van der Waals surface area (Å²) in [5, 5.41) is 0. The Morgan fingerprint density at radius 1 is 0.269 bits per heavy atom. The van der Waals surface area contributed by atoms with Crippen molar-refractivity contribution < 1.29 is 28.6 Å². The van der Waals surface area contributed by atoms with Gasteiger partial charge in [-0.15, -0.1) is 0 Å². The molecule has 78 heavy (non-hydrogen) atoms. The smallest absolute Gasteiger partial charge is 0.306 e. The Labute approximate surface area is 482 Å². The Hall–Kier alpha value is -4.19. The van der Waals surface area contributed by atoms with Crippen LogP contribution in [0, 0.1) is 0 Å². The average molecular weight is 1080 g/mol. The van der Waals surface area contributed by atoms with Crippen LogP contribution in [0.25, 0.3) is 0 Å². The molecule has 1 atom stereocenters. The van der Waals surface area contributed by atoms with Crippen LogP contribution in [0.2, 0.25) is 0 Å². The third kappa shape index (κ3) is 62.7. The highest BCUT2D eigenvalue weighted by molar-refractivity contribution is 5.71. The number of ether oxygens (including phenoxy) is 3. The van der Waals surface area contributed by atoms with E-state index in [1.165, 1.54) is 128 Å². The maximum absolute atomic E-state index is 12.8. The lowest BCUT2D eigenvalue weighted by molar-refractivity contribution is -0.167. The molecule has 1 unspecified atom stereocenters. The average Bonchev–Trinajstić information content (AvgIpc) is 3.44. The van der Waals surface area contributed by atoms with Gasteiger partial charge < -0.3 is 14.2 Å². The SMILES string of the molecule is CC/C=C\C/C=C\C/C=C\C/C=C\C/C=C\C/C=C\CCCCCCCCCCCCCCCCCCC(=O)OCC(COC(=O)CCCCCCC/C=C\CCCCC)OC(=O)CCCCC/C=C\C/C=C\C/C=C\CC. The number of allylic oxidation sites excluding steroid dienone is 20. The Morgan fingerprint density at radius 2 is 0.500 bits per heavy atom. The minimum Gasteiger partial charge on any atom is -0.462 e. The highest BCUT2D eigenvalue weighted by Crippen LogP contribution is 2.16. The molecule has 0 aromatic rings. The van der Waals surface area contributed by atoms with Crippen molar-refractivity contribution in [2.24, 2.45) is 0 Å². The second kappa shape index (κ2) is 65.3. The molecule has 0 aliphatic carbocycles. The molecule has 6 heteroatoms. The van der Waals surface area contributed by atoms with E-state index in [0.717, 1.165) is 128 Å². The topological polar surface area (TPSA) is 78.9 Å². The van der Waals surface area contributed by atoms with Crippen LogP contribution in [0.5, 0.6) is 0 Å². The summed E-state index contributed by atoms with van der Waals surface area (Å²) in [4.78, 5) is 38.2. The van der Waals surface area contributed by atoms with E-state index in [9.17, 15) is 14.4 Å². The van der Waals surface area contributed by atoms with Gasteiger partial charge in [0, 0.05) is 19.3 Å². The standard InChI is InChI=1S/C72H120O6/c1-4-7-10-13-16-19-22-25-26-27-28-29-30-31-32-33-34-35-36-37-38-39-40-41-42-43-44-45-46-48-50-53-56-59-62-65-71(74)77-68-69(67-76-70(73)64-61-58-55-52-49-24-21-18-15-12-9-6-3)78-72(75)66-63-60-57-54-51-47-23-20-17-14-11-8-5-2/h7-8,10-11,16-21,25-26,28-29,31-32,34-35,47,51,69H,4-6,9,12-15,22-24,27,30,33,36-46,48-50,52-68H2,1-3H3/b10-7-,11-8-,19-16-,20-17-,21-18-,26-25-,29-28-,32-31-,35-34-,51-47-. The van der Waals surface area contributed by atoms with E-state index in [2.05, 4.69) is 142 Å². The van der Waals surface area contributed by atoms with Crippen molar-refractivity contribution in [1.29, 1.82) is 0 Å². The number of esters is 3. The van der Waals surface area contributed by atoms with Crippen molar-refractivity contribution in [3.63, 3.8) is 0 Å². The van der Waals surface area contributed by atoms with Crippen molar-refractivity contribution in [2.45, 2.75) is 303 Å². The van der Waals surface area contributed by atoms with E-state index in [0.29, 0.717) is 19.3 Å². The van der Waals surface area contributed by atoms with Crippen LogP contribution < -0.4 is 0 Å². The van der Waals surface area contributed by atoms with Crippen molar-refractivity contribution in [1.82, 2.24) is 0 Å². The summed E-state index contributed by atoms with van der Waals surface area (Å²) >= 11 is 0. The first kappa shape index (κ1) is 73.8. The van der Waals surface area contributed by atoms with Gasteiger partial charge in [0.2, 0.25) is 0 Å². The van der Waals surface area contributed by atoms with Crippen LogP contribution in [0.3, 0.4) is 0 Å². The normalized spacial score (nSPS) is 12.9. The summed E-state index contributed by atoms with van der Waals surface area (Å²) in [6.07, 6.45) is 90.9. The molecule has 0 aliphatic rings. The summed E-state index contributed by atoms with van der Waals surface area (Å²) in [6.45, 7) is 6.36. The first-order valence-corrected chi connectivity index (χ1v) is 32.5. The number of carbonyl (C=O) groups is 3. The molecule has 0 heterocycles. The summed E-state index contributed by atoms with van der Waals surface area (Å²) < 4.78 is 16.8. The highest BCUT2D eigenvalue weighted by atomic mass is 16.6. The summed E-state index contributed by atoms with van der Waals surface area (Å²) in [5.41, 5.74) is 0. The van der Waals surface area contributed by atoms with E-state index in [1.807, 2.05) is 0 Å². The number of hydrogen-bond acceptors (Lipinski definition) is 6. The molecule has 0 saturated heterocycles. The van der Waals surface area contributed by atoms with E-state index < -0.39 is 6.10 Å². The number of hydrogen-bond donors (Lipinski definition) is 0. The lowest BCUT2D eigenvalue weighted by Crippen LogP contribution is -2.30. The first-order valence-electron chi connectivity index (χ1n) is 32.5. The molecule has 0 aliphatic heterocycles. The molecule has 0 aromatic carbocycles. The Morgan fingerprint density at radius 3 is 0.808 bits per heavy atom. The molecule has 0 spiro atoms. The van der Waals surface area contributed by atoms with Crippen LogP contribution in [-0.4, -0.2) is 37.2 Å². The molecule has 0 saturated carbocycles. The number of rotatable bonds is 58. The van der Waals surface area contributed by atoms with Gasteiger partial charge in [0.05, 0.1) is 0 Å². The minimum absolute atomic E-state index is 0.0919. The van der Waals surface area contributed by atoms with Gasteiger partial charge in [0.15, 0.2) is 6.10 Å². The van der Waals surface area contributed by atoms with E-state index in [1.54, 1.807) is 0 Å². The van der Waals surface area contributed by atoms with Crippen LogP contribution >= 0.6 is 0 Å². The summed E-state index contributed by atoms with van der Waals surface area (Å²) in [6, 6.07) is 0. The third-order valence-electron chi connectivity index (χ3n) is 13.7. The van der Waals surface area contributed by atoms with Crippen molar-refractivity contribution in [3.8, 4) is 0 Å². The van der Waals surface area contributed by atoms with Gasteiger partial charge in [-0.05, 0) is 128 Å². The molecule has 0 N–H and O–H groups in total. The first-order chi connectivity index (χ1) is 38.5. The van der Waals surface area contributed by atoms with Crippen molar-refractivity contribution >= 4 is 17.9 Å². The summed E-state index contributed by atoms with van der Waals surface area (Å²) in [5.74, 6) is -0.927. The number of unbranched alkanes of at least 4 members (excludes halogenated alkanes) is 27. The summed E-state index contributed by atoms with van der Waals surface area (Å²) in [7, 11) is 0. The lowest BCUT2D eigenvalue weighted by Gasteiger charge is -2.18. The zero-order chi connectivity index (χ0) is 56.4. The Balaban J connectivity index is 4.12. The monoisotopic (exact) mass is 1080 g/mol. The van der Waals surface area contributed by atoms with Crippen LogP contribution in [0.15, 0.2) is 122 Å². The fourth-order valence-electron chi connectivity index (χ4n) is 8.87. The highest BCUT2D eigenvalue weighted by Gasteiger charge is 2.19. The Bertz CT molecular complexity index is 1620. The predicted octanol–water partition coefficient (Wildman–Crippen LogP) is 22.4. The van der Waals surface area contributed by atoms with Gasteiger partial charge >= 0.3 is 17.9 Å². The van der Waals surface area contributed by atoms with Crippen LogP contribution in [0.1, 0.15) is 297 Å². The largest absolute Gasteiger partial charge is 0.462 e. The van der Waals surface area contributed by atoms with Gasteiger partial charge in [-0.1, -0.05) is 271 Å². The molecule has 0 radical (unpaired) electrons. The molecular weight excluding hydrogens is 961 g/mol. The van der Waals surface area contributed by atoms with Gasteiger partial charge in [0.25, 0.3) is 0 Å². The quantitative estimate of drug-likeness (QED) is 0.0261. The predicted molar refractivity (Wildman–Crippen MR) is 339 cm³/mol. The van der Waals surface area contributed by atoms with E-state index in [4.69, 9.17) is 14.2 Å². The zero-order valence-electron chi connectivity index (χ0n) is 50.9. The van der Waals surface area contributed by atoms with Crippen molar-refractivity contribution in [2.75, 3.05) is 13.2 Å². The molecular formula is C72H120O6. The molecule has 0 amide bonds. The molecule has 0 bridgehead atoms. The van der Waals surface area contributed by atoms with E-state index in [-0.39, 0.29) is 31.1 Å². The fraction of sp³-hybridized carbons (Fsp3) is 0.681. The number of carbonyl (C=O) groups excluding carboxylic acids is 3. The van der Waals surface area contributed by atoms with Crippen molar-refractivity contribution in [3.05, 3.63) is 122 Å². The third-order valence-corrected chi connectivity index (χ3v) is 13.7. The van der Waals surface area contributed by atoms with Gasteiger partial charge in [-0.25, -0.2) is 0 Å². The van der Waals surface area contributed by atoms with Gasteiger partial charge in [-0.2, -0.15) is 0 Å². The molecule has 6 nitrogen and oxygen atoms in total. The molecule has 0 rings (SSSR count). The van der Waals surface area contributed by atoms with Gasteiger partial charge in [0.1, 0.15) is 13.2 Å². The van der Waals surface area contributed by atoms with E-state index >= 15 is 0 Å². The molecule has 0 fully saturated rings. The lowest BCUT2D eigenvalue weighted by atomic mass is 10.0. The molecule has 0 aromatic heterocycles. The fourth-order valence-corrected chi connectivity index (χ4v) is 8.87. The second-order valence-corrected chi connectivity index (χ2v) is 21.3.